The number of sulfonamides is 1. The normalized spacial score (nSPS) is 17.9. The van der Waals surface area contributed by atoms with Crippen molar-refractivity contribution in [2.45, 2.75) is 23.8 Å². The van der Waals surface area contributed by atoms with Crippen molar-refractivity contribution >= 4 is 41.9 Å². The van der Waals surface area contributed by atoms with Crippen LogP contribution in [0.3, 0.4) is 0 Å². The van der Waals surface area contributed by atoms with Crippen LogP contribution in [-0.2, 0) is 10.0 Å². The van der Waals surface area contributed by atoms with E-state index >= 15 is 0 Å². The first-order valence-corrected chi connectivity index (χ1v) is 8.74. The molecule has 1 aromatic rings. The highest BCUT2D eigenvalue weighted by atomic mass is 79.9. The van der Waals surface area contributed by atoms with Crippen molar-refractivity contribution in [3.8, 4) is 0 Å². The van der Waals surface area contributed by atoms with E-state index in [1.165, 1.54) is 0 Å². The van der Waals surface area contributed by atoms with Gasteiger partial charge in [-0.25, -0.2) is 13.1 Å². The molecule has 1 heterocycles. The summed E-state index contributed by atoms with van der Waals surface area (Å²) in [5.74, 6) is 0. The van der Waals surface area contributed by atoms with Crippen LogP contribution in [0.2, 0.25) is 0 Å². The number of rotatable bonds is 3. The first kappa shape index (κ1) is 14.5. The third kappa shape index (κ3) is 3.54. The fourth-order valence-electron chi connectivity index (χ4n) is 1.92. The van der Waals surface area contributed by atoms with Crippen molar-refractivity contribution in [1.29, 1.82) is 0 Å². The summed E-state index contributed by atoms with van der Waals surface area (Å²) in [6.07, 6.45) is 1.65. The predicted octanol–water partition coefficient (Wildman–Crippen LogP) is 2.24. The van der Waals surface area contributed by atoms with Crippen LogP contribution in [0.1, 0.15) is 12.8 Å². The zero-order valence-electron chi connectivity index (χ0n) is 9.62. The molecule has 0 saturated carbocycles. The molecule has 1 aliphatic rings. The van der Waals surface area contributed by atoms with Crippen molar-refractivity contribution < 1.29 is 8.42 Å². The van der Waals surface area contributed by atoms with Gasteiger partial charge in [0.05, 0.1) is 4.90 Å². The smallest absolute Gasteiger partial charge is 0.241 e. The number of nitrogens with one attached hydrogen (secondary N) is 2. The van der Waals surface area contributed by atoms with Gasteiger partial charge in [0.1, 0.15) is 0 Å². The molecule has 0 spiro atoms. The highest BCUT2D eigenvalue weighted by molar-refractivity contribution is 9.11. The molecule has 0 amide bonds. The molecule has 1 saturated heterocycles. The monoisotopic (exact) mass is 396 g/mol. The fraction of sp³-hybridized carbons (Fsp3) is 0.455. The van der Waals surface area contributed by atoms with E-state index in [-0.39, 0.29) is 10.9 Å². The molecule has 1 aliphatic heterocycles. The maximum Gasteiger partial charge on any atom is 0.241 e. The molecule has 0 aliphatic carbocycles. The second-order valence-corrected chi connectivity index (χ2v) is 7.67. The first-order valence-electron chi connectivity index (χ1n) is 5.67. The Kier molecular flexibility index (Phi) is 4.82. The van der Waals surface area contributed by atoms with Crippen LogP contribution in [0.4, 0.5) is 0 Å². The summed E-state index contributed by atoms with van der Waals surface area (Å²) >= 11 is 6.59. The average Bonchev–Trinajstić information content (AvgIpc) is 2.29. The van der Waals surface area contributed by atoms with Crippen LogP contribution >= 0.6 is 31.9 Å². The molecule has 4 nitrogen and oxygen atoms in total. The molecule has 100 valence electrons. The maximum absolute atomic E-state index is 12.3. The Morgan fingerprint density at radius 1 is 1.22 bits per heavy atom. The Hall–Kier alpha value is 0.0500. The highest BCUT2D eigenvalue weighted by Gasteiger charge is 2.23. The number of piperidine rings is 1. The van der Waals surface area contributed by atoms with Gasteiger partial charge in [0.15, 0.2) is 0 Å². The van der Waals surface area contributed by atoms with Crippen LogP contribution in [-0.4, -0.2) is 27.5 Å². The van der Waals surface area contributed by atoms with Gasteiger partial charge in [-0.3, -0.25) is 0 Å². The number of hydrogen-bond acceptors (Lipinski definition) is 3. The molecule has 1 fully saturated rings. The maximum atomic E-state index is 12.3. The van der Waals surface area contributed by atoms with Gasteiger partial charge in [0.2, 0.25) is 10.0 Å². The van der Waals surface area contributed by atoms with Gasteiger partial charge in [0, 0.05) is 15.0 Å². The van der Waals surface area contributed by atoms with Crippen molar-refractivity contribution in [2.75, 3.05) is 13.1 Å². The number of hydrogen-bond donors (Lipinski definition) is 2. The average molecular weight is 398 g/mol. The van der Waals surface area contributed by atoms with E-state index in [1.807, 2.05) is 0 Å². The SMILES string of the molecule is O=S(=O)(NC1CCNCC1)c1ccc(Br)cc1Br. The van der Waals surface area contributed by atoms with Gasteiger partial charge in [-0.15, -0.1) is 0 Å². The van der Waals surface area contributed by atoms with Gasteiger partial charge in [-0.2, -0.15) is 0 Å². The van der Waals surface area contributed by atoms with Crippen molar-refractivity contribution in [1.82, 2.24) is 10.0 Å². The summed E-state index contributed by atoms with van der Waals surface area (Å²) in [4.78, 5) is 0.282. The van der Waals surface area contributed by atoms with Crippen molar-refractivity contribution in [2.24, 2.45) is 0 Å². The molecule has 0 unspecified atom stereocenters. The Labute approximate surface area is 124 Å². The summed E-state index contributed by atoms with van der Waals surface area (Å²) in [7, 11) is -3.45. The predicted molar refractivity (Wildman–Crippen MR) is 78.1 cm³/mol. The minimum atomic E-state index is -3.45. The van der Waals surface area contributed by atoms with E-state index in [9.17, 15) is 8.42 Å². The summed E-state index contributed by atoms with van der Waals surface area (Å²) < 4.78 is 28.7. The quantitative estimate of drug-likeness (QED) is 0.822. The van der Waals surface area contributed by atoms with E-state index in [2.05, 4.69) is 41.9 Å². The zero-order chi connectivity index (χ0) is 13.2. The minimum absolute atomic E-state index is 0.0202. The molecule has 7 heteroatoms. The lowest BCUT2D eigenvalue weighted by Gasteiger charge is -2.23. The van der Waals surface area contributed by atoms with Crippen LogP contribution in [0.25, 0.3) is 0 Å². The molecular weight excluding hydrogens is 384 g/mol. The zero-order valence-corrected chi connectivity index (χ0v) is 13.6. The first-order chi connectivity index (χ1) is 8.49. The van der Waals surface area contributed by atoms with E-state index < -0.39 is 10.0 Å². The summed E-state index contributed by atoms with van der Waals surface area (Å²) in [5.41, 5.74) is 0. The summed E-state index contributed by atoms with van der Waals surface area (Å²) in [6, 6.07) is 5.07. The van der Waals surface area contributed by atoms with Crippen molar-refractivity contribution in [3.63, 3.8) is 0 Å². The largest absolute Gasteiger partial charge is 0.317 e. The number of halogens is 2. The van der Waals surface area contributed by atoms with Crippen LogP contribution in [0.15, 0.2) is 32.0 Å². The Morgan fingerprint density at radius 3 is 2.50 bits per heavy atom. The minimum Gasteiger partial charge on any atom is -0.317 e. The van der Waals surface area contributed by atoms with Gasteiger partial charge in [0.25, 0.3) is 0 Å². The molecule has 2 rings (SSSR count). The Bertz CT molecular complexity index is 528. The standard InChI is InChI=1S/C11H14Br2N2O2S/c12-8-1-2-11(10(13)7-8)18(16,17)15-9-3-5-14-6-4-9/h1-2,7,9,14-15H,3-6H2. The molecule has 0 atom stereocenters. The Morgan fingerprint density at radius 2 is 1.89 bits per heavy atom. The van der Waals surface area contributed by atoms with Crippen LogP contribution < -0.4 is 10.0 Å². The summed E-state index contributed by atoms with van der Waals surface area (Å²) in [6.45, 7) is 1.71. The lowest BCUT2D eigenvalue weighted by atomic mass is 10.1. The molecule has 0 aromatic heterocycles. The lowest BCUT2D eigenvalue weighted by Crippen LogP contribution is -2.42. The second kappa shape index (κ2) is 6.00. The van der Waals surface area contributed by atoms with E-state index in [0.717, 1.165) is 30.4 Å². The summed E-state index contributed by atoms with van der Waals surface area (Å²) in [5, 5.41) is 3.21. The van der Waals surface area contributed by atoms with Crippen LogP contribution in [0, 0.1) is 0 Å². The van der Waals surface area contributed by atoms with Gasteiger partial charge in [-0.1, -0.05) is 15.9 Å². The fourth-order valence-corrected chi connectivity index (χ4v) is 4.97. The Balaban J connectivity index is 2.19. The highest BCUT2D eigenvalue weighted by Crippen LogP contribution is 2.26. The van der Waals surface area contributed by atoms with Crippen LogP contribution in [0.5, 0.6) is 0 Å². The molecule has 2 N–H and O–H groups in total. The lowest BCUT2D eigenvalue weighted by molar-refractivity contribution is 0.427. The van der Waals surface area contributed by atoms with Gasteiger partial charge in [-0.05, 0) is 60.1 Å². The third-order valence-electron chi connectivity index (χ3n) is 2.84. The molecule has 0 bridgehead atoms. The van der Waals surface area contributed by atoms with Gasteiger partial charge >= 0.3 is 0 Å². The second-order valence-electron chi connectivity index (χ2n) is 4.22. The molecule has 0 radical (unpaired) electrons. The third-order valence-corrected chi connectivity index (χ3v) is 5.83. The van der Waals surface area contributed by atoms with Gasteiger partial charge < -0.3 is 5.32 Å². The topological polar surface area (TPSA) is 58.2 Å². The molecule has 1 aromatic carbocycles. The van der Waals surface area contributed by atoms with E-state index in [4.69, 9.17) is 0 Å². The van der Waals surface area contributed by atoms with Crippen molar-refractivity contribution in [3.05, 3.63) is 27.1 Å². The van der Waals surface area contributed by atoms with E-state index in [0.29, 0.717) is 4.47 Å². The molecule has 18 heavy (non-hydrogen) atoms. The van der Waals surface area contributed by atoms with E-state index in [1.54, 1.807) is 18.2 Å². The molecular formula is C11H14Br2N2O2S. The number of benzene rings is 1.